The Hall–Kier alpha value is -2.55. The molecule has 0 atom stereocenters. The zero-order chi connectivity index (χ0) is 14.8. The number of ether oxygens (including phenoxy) is 1. The molecule has 0 fully saturated rings. The predicted octanol–water partition coefficient (Wildman–Crippen LogP) is 4.13. The van der Waals surface area contributed by atoms with Gasteiger partial charge in [-0.3, -0.25) is 4.79 Å². The highest BCUT2D eigenvalue weighted by Crippen LogP contribution is 2.29. The van der Waals surface area contributed by atoms with Gasteiger partial charge in [0.2, 0.25) is 0 Å². The van der Waals surface area contributed by atoms with E-state index in [0.29, 0.717) is 12.3 Å². The van der Waals surface area contributed by atoms with Gasteiger partial charge in [-0.1, -0.05) is 18.2 Å². The number of benzene rings is 1. The normalized spacial score (nSPS) is 10.8. The van der Waals surface area contributed by atoms with Crippen molar-refractivity contribution < 1.29 is 9.53 Å². The van der Waals surface area contributed by atoms with Gasteiger partial charge in [0.1, 0.15) is 5.75 Å². The molecule has 3 rings (SSSR count). The monoisotopic (exact) mass is 279 g/mol. The summed E-state index contributed by atoms with van der Waals surface area (Å²) in [4.78, 5) is 11.5. The largest absolute Gasteiger partial charge is 0.494 e. The Morgan fingerprint density at radius 2 is 1.95 bits per heavy atom. The van der Waals surface area contributed by atoms with Crippen molar-refractivity contribution >= 4 is 11.8 Å². The van der Waals surface area contributed by atoms with E-state index in [9.17, 15) is 4.79 Å². The first-order chi connectivity index (χ1) is 10.2. The molecular weight excluding hydrogens is 262 g/mol. The summed E-state index contributed by atoms with van der Waals surface area (Å²) < 4.78 is 7.40. The van der Waals surface area contributed by atoms with Gasteiger partial charge in [0.15, 0.2) is 6.29 Å². The van der Waals surface area contributed by atoms with Crippen LogP contribution in [0.2, 0.25) is 0 Å². The summed E-state index contributed by atoms with van der Waals surface area (Å²) in [5, 5.41) is 0. The van der Waals surface area contributed by atoms with Crippen LogP contribution in [0.5, 0.6) is 5.75 Å². The van der Waals surface area contributed by atoms with Gasteiger partial charge in [0.25, 0.3) is 0 Å². The van der Waals surface area contributed by atoms with Gasteiger partial charge in [0, 0.05) is 17.3 Å². The first-order valence-corrected chi connectivity index (χ1v) is 7.03. The van der Waals surface area contributed by atoms with Crippen LogP contribution in [0, 0.1) is 6.92 Å². The molecule has 0 saturated carbocycles. The number of aryl methyl sites for hydroxylation is 1. The molecule has 0 amide bonds. The minimum absolute atomic E-state index is 0.647. The summed E-state index contributed by atoms with van der Waals surface area (Å²) in [5.41, 5.74) is 4.85. The Morgan fingerprint density at radius 1 is 1.19 bits per heavy atom. The van der Waals surface area contributed by atoms with Crippen LogP contribution < -0.4 is 4.74 Å². The zero-order valence-corrected chi connectivity index (χ0v) is 12.2. The molecule has 0 aliphatic heterocycles. The minimum Gasteiger partial charge on any atom is -0.494 e. The van der Waals surface area contributed by atoms with Crippen LogP contribution in [0.3, 0.4) is 0 Å². The summed E-state index contributed by atoms with van der Waals surface area (Å²) >= 11 is 0. The van der Waals surface area contributed by atoms with Crippen molar-refractivity contribution in [3.8, 4) is 16.9 Å². The average molecular weight is 279 g/mol. The van der Waals surface area contributed by atoms with E-state index in [2.05, 4.69) is 6.07 Å². The fourth-order valence-electron chi connectivity index (χ4n) is 2.61. The van der Waals surface area contributed by atoms with Crippen LogP contribution in [-0.2, 0) is 0 Å². The molecule has 106 valence electrons. The van der Waals surface area contributed by atoms with Gasteiger partial charge in [-0.2, -0.15) is 0 Å². The predicted molar refractivity (Wildman–Crippen MR) is 84.1 cm³/mol. The van der Waals surface area contributed by atoms with Crippen LogP contribution in [0.15, 0.2) is 48.7 Å². The van der Waals surface area contributed by atoms with Crippen molar-refractivity contribution in [1.82, 2.24) is 4.40 Å². The molecule has 0 N–H and O–H groups in total. The average Bonchev–Trinajstić information content (AvgIpc) is 2.88. The topological polar surface area (TPSA) is 30.7 Å². The highest BCUT2D eigenvalue weighted by Gasteiger charge is 2.12. The molecule has 1 aromatic carbocycles. The molecule has 0 spiro atoms. The molecule has 2 aromatic heterocycles. The molecule has 3 nitrogen and oxygen atoms in total. The van der Waals surface area contributed by atoms with E-state index in [1.165, 1.54) is 0 Å². The van der Waals surface area contributed by atoms with Crippen LogP contribution in [0.1, 0.15) is 23.0 Å². The number of fused-ring (bicyclic) bond motifs is 1. The van der Waals surface area contributed by atoms with Crippen molar-refractivity contribution in [3.05, 3.63) is 59.9 Å². The fraction of sp³-hybridized carbons (Fsp3) is 0.167. The van der Waals surface area contributed by atoms with Gasteiger partial charge in [-0.15, -0.1) is 0 Å². The summed E-state index contributed by atoms with van der Waals surface area (Å²) in [7, 11) is 0. The molecule has 0 aliphatic rings. The number of hydrogen-bond donors (Lipinski definition) is 0. The fourth-order valence-corrected chi connectivity index (χ4v) is 2.61. The molecule has 21 heavy (non-hydrogen) atoms. The van der Waals surface area contributed by atoms with Crippen molar-refractivity contribution in [1.29, 1.82) is 0 Å². The summed E-state index contributed by atoms with van der Waals surface area (Å²) in [5.74, 6) is 0.842. The van der Waals surface area contributed by atoms with Crippen molar-refractivity contribution in [2.75, 3.05) is 6.61 Å². The highest BCUT2D eigenvalue weighted by atomic mass is 16.5. The van der Waals surface area contributed by atoms with Crippen LogP contribution >= 0.6 is 0 Å². The van der Waals surface area contributed by atoms with Crippen LogP contribution in [0.25, 0.3) is 16.6 Å². The van der Waals surface area contributed by atoms with Gasteiger partial charge in [0.05, 0.1) is 12.3 Å². The second kappa shape index (κ2) is 5.44. The smallest absolute Gasteiger partial charge is 0.167 e. The van der Waals surface area contributed by atoms with E-state index in [1.807, 2.05) is 60.8 Å². The molecule has 0 radical (unpaired) electrons. The molecule has 0 unspecified atom stereocenters. The first-order valence-electron chi connectivity index (χ1n) is 7.03. The second-order valence-electron chi connectivity index (χ2n) is 4.96. The molecular formula is C18H17NO2. The number of aldehydes is 1. The van der Waals surface area contributed by atoms with E-state index in [4.69, 9.17) is 4.74 Å². The lowest BCUT2D eigenvalue weighted by molar-refractivity contribution is 0.111. The quantitative estimate of drug-likeness (QED) is 0.672. The Kier molecular flexibility index (Phi) is 3.48. The summed E-state index contributed by atoms with van der Waals surface area (Å²) in [6.07, 6.45) is 2.84. The van der Waals surface area contributed by atoms with E-state index >= 15 is 0 Å². The SMILES string of the molecule is CCOc1ccc(-c2cc3c(C)cccn3c2C=O)cc1. The third-order valence-corrected chi connectivity index (χ3v) is 3.65. The Labute approximate surface area is 123 Å². The number of hydrogen-bond acceptors (Lipinski definition) is 2. The number of pyridine rings is 1. The van der Waals surface area contributed by atoms with Crippen molar-refractivity contribution in [2.45, 2.75) is 13.8 Å². The number of rotatable bonds is 4. The lowest BCUT2D eigenvalue weighted by Crippen LogP contribution is -1.93. The van der Waals surface area contributed by atoms with Crippen LogP contribution in [-0.4, -0.2) is 17.3 Å². The van der Waals surface area contributed by atoms with Crippen molar-refractivity contribution in [3.63, 3.8) is 0 Å². The third kappa shape index (κ3) is 2.31. The van der Waals surface area contributed by atoms with Gasteiger partial charge >= 0.3 is 0 Å². The second-order valence-corrected chi connectivity index (χ2v) is 4.96. The number of carbonyl (C=O) groups excluding carboxylic acids is 1. The maximum Gasteiger partial charge on any atom is 0.167 e. The molecule has 3 aromatic rings. The van der Waals surface area contributed by atoms with Crippen LogP contribution in [0.4, 0.5) is 0 Å². The number of aromatic nitrogens is 1. The highest BCUT2D eigenvalue weighted by molar-refractivity contribution is 5.90. The maximum atomic E-state index is 11.5. The number of carbonyl (C=O) groups is 1. The Morgan fingerprint density at radius 3 is 2.62 bits per heavy atom. The van der Waals surface area contributed by atoms with Crippen molar-refractivity contribution in [2.24, 2.45) is 0 Å². The Bertz CT molecular complexity index is 785. The van der Waals surface area contributed by atoms with E-state index in [1.54, 1.807) is 0 Å². The van der Waals surface area contributed by atoms with Gasteiger partial charge in [-0.25, -0.2) is 0 Å². The summed E-state index contributed by atoms with van der Waals surface area (Å²) in [6, 6.07) is 13.9. The molecule has 0 aliphatic carbocycles. The first kappa shape index (κ1) is 13.4. The molecule has 2 heterocycles. The lowest BCUT2D eigenvalue weighted by atomic mass is 10.1. The lowest BCUT2D eigenvalue weighted by Gasteiger charge is -2.04. The standard InChI is InChI=1S/C18H17NO2/c1-3-21-15-8-6-14(7-9-15)16-11-17-13(2)5-4-10-19(17)18(16)12-20/h4-12H,3H2,1-2H3. The van der Waals surface area contributed by atoms with Gasteiger partial charge in [-0.05, 0) is 49.2 Å². The van der Waals surface area contributed by atoms with E-state index in [0.717, 1.165) is 34.2 Å². The van der Waals surface area contributed by atoms with Gasteiger partial charge < -0.3 is 9.14 Å². The Balaban J connectivity index is 2.15. The molecule has 0 bridgehead atoms. The minimum atomic E-state index is 0.647. The third-order valence-electron chi connectivity index (χ3n) is 3.65. The molecule has 0 saturated heterocycles. The van der Waals surface area contributed by atoms with E-state index < -0.39 is 0 Å². The van der Waals surface area contributed by atoms with E-state index in [-0.39, 0.29) is 0 Å². The maximum absolute atomic E-state index is 11.5. The number of nitrogens with zero attached hydrogens (tertiary/aromatic N) is 1. The zero-order valence-electron chi connectivity index (χ0n) is 12.2. The summed E-state index contributed by atoms with van der Waals surface area (Å²) in [6.45, 7) is 4.65. The molecule has 3 heteroatoms.